The Morgan fingerprint density at radius 1 is 0.426 bits per heavy atom. The van der Waals surface area contributed by atoms with E-state index in [-0.39, 0.29) is 0 Å². The van der Waals surface area contributed by atoms with E-state index in [0.717, 1.165) is 33.3 Å². The summed E-state index contributed by atoms with van der Waals surface area (Å²) in [5, 5.41) is 9.91. The number of anilines is 3. The SMILES string of the molecule is c1ccc2c(c1)cc(-c1ccc(N(c3ccc4oc5ccccc5c4c3)c3cccc4c3sc3ccccc34)cc1)c1ccccc12. The van der Waals surface area contributed by atoms with Crippen molar-refractivity contribution in [2.24, 2.45) is 0 Å². The average molecular weight is 618 g/mol. The molecule has 10 rings (SSSR count). The Morgan fingerprint density at radius 3 is 1.96 bits per heavy atom. The van der Waals surface area contributed by atoms with Gasteiger partial charge in [-0.2, -0.15) is 0 Å². The van der Waals surface area contributed by atoms with Crippen molar-refractivity contribution in [3.05, 3.63) is 164 Å². The maximum Gasteiger partial charge on any atom is 0.135 e. The standard InChI is InChI=1S/C44H27NOS/c1-2-11-32-29(10-1)26-38(34-13-4-3-12-33(32)34)28-20-22-30(23-21-28)45(31-24-25-42-39(27-31)35-14-5-7-18-41(35)46-42)40-17-9-16-37-36-15-6-8-19-43(36)47-44(37)40/h1-27H. The van der Waals surface area contributed by atoms with E-state index in [4.69, 9.17) is 4.42 Å². The molecule has 0 fully saturated rings. The molecule has 0 bridgehead atoms. The van der Waals surface area contributed by atoms with Crippen LogP contribution in [0.1, 0.15) is 0 Å². The summed E-state index contributed by atoms with van der Waals surface area (Å²) in [7, 11) is 0. The van der Waals surface area contributed by atoms with Crippen LogP contribution in [0.15, 0.2) is 168 Å². The van der Waals surface area contributed by atoms with E-state index >= 15 is 0 Å². The van der Waals surface area contributed by atoms with Gasteiger partial charge in [0.2, 0.25) is 0 Å². The number of benzene rings is 8. The van der Waals surface area contributed by atoms with Gasteiger partial charge in [0, 0.05) is 37.6 Å². The van der Waals surface area contributed by atoms with E-state index in [2.05, 4.69) is 157 Å². The van der Waals surface area contributed by atoms with Gasteiger partial charge in [0.05, 0.1) is 10.4 Å². The lowest BCUT2D eigenvalue weighted by molar-refractivity contribution is 0.669. The van der Waals surface area contributed by atoms with Gasteiger partial charge < -0.3 is 9.32 Å². The van der Waals surface area contributed by atoms with Crippen LogP contribution in [-0.2, 0) is 0 Å². The number of furan rings is 1. The highest BCUT2D eigenvalue weighted by atomic mass is 32.1. The van der Waals surface area contributed by atoms with Crippen molar-refractivity contribution in [2.75, 3.05) is 4.90 Å². The van der Waals surface area contributed by atoms with E-state index in [0.29, 0.717) is 0 Å². The highest BCUT2D eigenvalue weighted by Gasteiger charge is 2.20. The Bertz CT molecular complexity index is 2810. The number of hydrogen-bond donors (Lipinski definition) is 0. The third-order valence-corrected chi connectivity index (χ3v) is 10.7. The number of para-hydroxylation sites is 1. The summed E-state index contributed by atoms with van der Waals surface area (Å²) < 4.78 is 8.79. The lowest BCUT2D eigenvalue weighted by Crippen LogP contribution is -2.10. The molecule has 2 aromatic heterocycles. The summed E-state index contributed by atoms with van der Waals surface area (Å²) in [6, 6.07) is 59.1. The van der Waals surface area contributed by atoms with E-state index in [9.17, 15) is 0 Å². The van der Waals surface area contributed by atoms with Crippen molar-refractivity contribution in [3.8, 4) is 11.1 Å². The first kappa shape index (κ1) is 26.3. The predicted molar refractivity (Wildman–Crippen MR) is 202 cm³/mol. The number of nitrogens with zero attached hydrogens (tertiary/aromatic N) is 1. The van der Waals surface area contributed by atoms with Gasteiger partial charge in [-0.1, -0.05) is 109 Å². The molecule has 0 N–H and O–H groups in total. The van der Waals surface area contributed by atoms with E-state index in [1.165, 1.54) is 58.5 Å². The zero-order chi connectivity index (χ0) is 30.9. The van der Waals surface area contributed by atoms with E-state index < -0.39 is 0 Å². The summed E-state index contributed by atoms with van der Waals surface area (Å²) in [5.74, 6) is 0. The van der Waals surface area contributed by atoms with Crippen molar-refractivity contribution < 1.29 is 4.42 Å². The molecule has 0 atom stereocenters. The second-order valence-electron chi connectivity index (χ2n) is 12.1. The van der Waals surface area contributed by atoms with Gasteiger partial charge in [0.1, 0.15) is 11.2 Å². The molecule has 220 valence electrons. The summed E-state index contributed by atoms with van der Waals surface area (Å²) >= 11 is 1.86. The Morgan fingerprint density at radius 2 is 1.09 bits per heavy atom. The fourth-order valence-corrected chi connectivity index (χ4v) is 8.48. The molecule has 0 amide bonds. The molecule has 0 aliphatic carbocycles. The lowest BCUT2D eigenvalue weighted by Gasteiger charge is -2.26. The van der Waals surface area contributed by atoms with Crippen molar-refractivity contribution in [1.29, 1.82) is 0 Å². The minimum atomic E-state index is 0.897. The minimum absolute atomic E-state index is 0.897. The molecule has 8 aromatic carbocycles. The zero-order valence-electron chi connectivity index (χ0n) is 25.4. The Hall–Kier alpha value is -5.90. The van der Waals surface area contributed by atoms with Gasteiger partial charge in [-0.25, -0.2) is 0 Å². The van der Waals surface area contributed by atoms with Crippen LogP contribution in [0.2, 0.25) is 0 Å². The molecule has 47 heavy (non-hydrogen) atoms. The Balaban J connectivity index is 1.19. The van der Waals surface area contributed by atoms with E-state index in [1.807, 2.05) is 23.5 Å². The molecule has 2 nitrogen and oxygen atoms in total. The summed E-state index contributed by atoms with van der Waals surface area (Å²) in [4.78, 5) is 2.40. The third-order valence-electron chi connectivity index (χ3n) is 9.45. The highest BCUT2D eigenvalue weighted by molar-refractivity contribution is 7.26. The molecule has 0 aliphatic rings. The maximum atomic E-state index is 6.22. The van der Waals surface area contributed by atoms with Gasteiger partial charge in [0.25, 0.3) is 0 Å². The largest absolute Gasteiger partial charge is 0.456 e. The molecule has 0 unspecified atom stereocenters. The fraction of sp³-hybridized carbons (Fsp3) is 0. The van der Waals surface area contributed by atoms with Crippen LogP contribution in [0.4, 0.5) is 17.1 Å². The second kappa shape index (κ2) is 10.3. The summed E-state index contributed by atoms with van der Waals surface area (Å²) in [6.45, 7) is 0. The normalized spacial score (nSPS) is 11.8. The molecule has 2 heterocycles. The highest BCUT2D eigenvalue weighted by Crippen LogP contribution is 2.46. The first-order chi connectivity index (χ1) is 23.3. The van der Waals surface area contributed by atoms with Crippen LogP contribution in [0, 0.1) is 0 Å². The first-order valence-corrected chi connectivity index (χ1v) is 16.7. The molecule has 0 saturated carbocycles. The number of fused-ring (bicyclic) bond motifs is 9. The lowest BCUT2D eigenvalue weighted by atomic mass is 9.93. The minimum Gasteiger partial charge on any atom is -0.456 e. The van der Waals surface area contributed by atoms with Crippen LogP contribution in [0.3, 0.4) is 0 Å². The van der Waals surface area contributed by atoms with Gasteiger partial charge in [0.15, 0.2) is 0 Å². The zero-order valence-corrected chi connectivity index (χ0v) is 26.2. The van der Waals surface area contributed by atoms with Gasteiger partial charge in [-0.05, 0) is 87.3 Å². The number of rotatable bonds is 4. The predicted octanol–water partition coefficient (Wildman–Crippen LogP) is 13.4. The van der Waals surface area contributed by atoms with Gasteiger partial charge >= 0.3 is 0 Å². The van der Waals surface area contributed by atoms with Crippen molar-refractivity contribution in [3.63, 3.8) is 0 Å². The molecular weight excluding hydrogens is 591 g/mol. The maximum absolute atomic E-state index is 6.22. The summed E-state index contributed by atoms with van der Waals surface area (Å²) in [6.07, 6.45) is 0. The van der Waals surface area contributed by atoms with Crippen molar-refractivity contribution in [2.45, 2.75) is 0 Å². The van der Waals surface area contributed by atoms with Crippen LogP contribution in [0.5, 0.6) is 0 Å². The van der Waals surface area contributed by atoms with Crippen LogP contribution in [0.25, 0.3) is 74.8 Å². The average Bonchev–Trinajstić information content (AvgIpc) is 3.71. The third kappa shape index (κ3) is 4.10. The number of thiophene rings is 1. The smallest absolute Gasteiger partial charge is 0.135 e. The Kier molecular flexibility index (Phi) is 5.78. The number of hydrogen-bond acceptors (Lipinski definition) is 3. The van der Waals surface area contributed by atoms with Gasteiger partial charge in [-0.3, -0.25) is 0 Å². The Labute approximate surface area is 275 Å². The second-order valence-corrected chi connectivity index (χ2v) is 13.2. The quantitative estimate of drug-likeness (QED) is 0.183. The van der Waals surface area contributed by atoms with Crippen LogP contribution in [-0.4, -0.2) is 0 Å². The molecular formula is C44H27NOS. The van der Waals surface area contributed by atoms with E-state index in [1.54, 1.807) is 0 Å². The van der Waals surface area contributed by atoms with Crippen LogP contribution < -0.4 is 4.90 Å². The van der Waals surface area contributed by atoms with Crippen molar-refractivity contribution >= 4 is 92.1 Å². The first-order valence-electron chi connectivity index (χ1n) is 15.9. The molecule has 3 heteroatoms. The molecule has 0 radical (unpaired) electrons. The monoisotopic (exact) mass is 617 g/mol. The molecule has 0 saturated heterocycles. The molecule has 0 aliphatic heterocycles. The van der Waals surface area contributed by atoms with Crippen molar-refractivity contribution in [1.82, 2.24) is 0 Å². The molecule has 0 spiro atoms. The summed E-state index contributed by atoms with van der Waals surface area (Å²) in [5.41, 5.74) is 7.62. The molecule has 10 aromatic rings. The topological polar surface area (TPSA) is 16.4 Å². The fourth-order valence-electron chi connectivity index (χ4n) is 7.27. The van der Waals surface area contributed by atoms with Gasteiger partial charge in [-0.15, -0.1) is 11.3 Å². The van der Waals surface area contributed by atoms with Crippen LogP contribution >= 0.6 is 11.3 Å².